The predicted octanol–water partition coefficient (Wildman–Crippen LogP) is 2.03. The summed E-state index contributed by atoms with van der Waals surface area (Å²) >= 11 is 0. The number of rotatable bonds is 5. The van der Waals surface area contributed by atoms with Crippen molar-refractivity contribution >= 4 is 23.3 Å². The second kappa shape index (κ2) is 5.76. The van der Waals surface area contributed by atoms with Crippen molar-refractivity contribution in [2.24, 2.45) is 0 Å². The highest BCUT2D eigenvalue weighted by Gasteiger charge is 2.14. The molecule has 1 aromatic rings. The predicted molar refractivity (Wildman–Crippen MR) is 63.6 cm³/mol. The largest absolute Gasteiger partial charge is 0.478 e. The summed E-state index contributed by atoms with van der Waals surface area (Å²) in [7, 11) is 0. The molecule has 96 valence electrons. The second-order valence-corrected chi connectivity index (χ2v) is 3.63. The van der Waals surface area contributed by atoms with Crippen LogP contribution in [0.2, 0.25) is 0 Å². The average molecular weight is 252 g/mol. The van der Waals surface area contributed by atoms with Crippen LogP contribution >= 0.6 is 0 Å². The first-order valence-electron chi connectivity index (χ1n) is 5.26. The third-order valence-electron chi connectivity index (χ3n) is 2.14. The van der Waals surface area contributed by atoms with Crippen LogP contribution in [-0.2, 0) is 4.79 Å². The van der Waals surface area contributed by atoms with E-state index < -0.39 is 10.9 Å². The number of carboxylic acids is 1. The number of carboxylic acid groups (broad SMARTS) is 1. The molecule has 0 aliphatic heterocycles. The van der Waals surface area contributed by atoms with Gasteiger partial charge in [-0.15, -0.1) is 0 Å². The zero-order valence-electron chi connectivity index (χ0n) is 9.67. The zero-order valence-corrected chi connectivity index (χ0v) is 9.67. The topological polar surface area (TPSA) is 110 Å². The van der Waals surface area contributed by atoms with Gasteiger partial charge in [-0.3, -0.25) is 14.9 Å². The lowest BCUT2D eigenvalue weighted by Gasteiger charge is -2.05. The Morgan fingerprint density at radius 1 is 1.39 bits per heavy atom. The second-order valence-electron chi connectivity index (χ2n) is 3.63. The van der Waals surface area contributed by atoms with E-state index >= 15 is 0 Å². The molecule has 2 N–H and O–H groups in total. The van der Waals surface area contributed by atoms with Crippen LogP contribution in [0.25, 0.3) is 0 Å². The Morgan fingerprint density at radius 3 is 2.56 bits per heavy atom. The molecule has 0 bridgehead atoms. The van der Waals surface area contributed by atoms with Crippen molar-refractivity contribution in [3.8, 4) is 0 Å². The highest BCUT2D eigenvalue weighted by atomic mass is 16.6. The number of nitro groups is 1. The standard InChI is InChI=1S/C11H12N2O5/c1-2-3-10(14)12-8-4-7(11(15)16)5-9(6-8)13(17)18/h4-6H,2-3H2,1H3,(H,12,14)(H,15,16). The van der Waals surface area contributed by atoms with Crippen LogP contribution in [0.1, 0.15) is 30.1 Å². The number of nitrogens with one attached hydrogen (secondary N) is 1. The van der Waals surface area contributed by atoms with E-state index in [1.54, 1.807) is 0 Å². The first kappa shape index (κ1) is 13.6. The average Bonchev–Trinajstić information content (AvgIpc) is 2.28. The Bertz CT molecular complexity index is 466. The van der Waals surface area contributed by atoms with Crippen LogP contribution in [0, 0.1) is 10.1 Å². The molecule has 0 saturated carbocycles. The maximum absolute atomic E-state index is 11.3. The number of non-ortho nitro benzene ring substituents is 1. The minimum absolute atomic E-state index is 0.111. The Morgan fingerprint density at radius 2 is 2.06 bits per heavy atom. The van der Waals surface area contributed by atoms with E-state index in [0.717, 1.165) is 12.1 Å². The van der Waals surface area contributed by atoms with Crippen molar-refractivity contribution in [3.63, 3.8) is 0 Å². The molecule has 0 aliphatic carbocycles. The van der Waals surface area contributed by atoms with Crippen LogP contribution in [0.3, 0.4) is 0 Å². The van der Waals surface area contributed by atoms with E-state index in [9.17, 15) is 19.7 Å². The summed E-state index contributed by atoms with van der Waals surface area (Å²) in [5.74, 6) is -1.60. The molecular formula is C11H12N2O5. The normalized spacial score (nSPS) is 9.83. The number of aromatic carboxylic acids is 1. The maximum atomic E-state index is 11.3. The fourth-order valence-electron chi connectivity index (χ4n) is 1.36. The molecule has 0 fully saturated rings. The molecule has 0 aromatic heterocycles. The summed E-state index contributed by atoms with van der Waals surface area (Å²) in [6, 6.07) is 3.25. The molecule has 0 unspecified atom stereocenters. The van der Waals surface area contributed by atoms with Gasteiger partial charge < -0.3 is 10.4 Å². The zero-order chi connectivity index (χ0) is 13.7. The molecule has 0 spiro atoms. The quantitative estimate of drug-likeness (QED) is 0.615. The number of nitrogens with zero attached hydrogens (tertiary/aromatic N) is 1. The SMILES string of the molecule is CCCC(=O)Nc1cc(C(=O)O)cc([N+](=O)[O-])c1. The monoisotopic (exact) mass is 252 g/mol. The molecule has 7 nitrogen and oxygen atoms in total. The van der Waals surface area contributed by atoms with Gasteiger partial charge in [0.05, 0.1) is 10.5 Å². The lowest BCUT2D eigenvalue weighted by molar-refractivity contribution is -0.384. The number of carbonyl (C=O) groups excluding carboxylic acids is 1. The maximum Gasteiger partial charge on any atom is 0.336 e. The number of amides is 1. The van der Waals surface area contributed by atoms with E-state index in [0.29, 0.717) is 6.42 Å². The lowest BCUT2D eigenvalue weighted by Crippen LogP contribution is -2.11. The Hall–Kier alpha value is -2.44. The fraction of sp³-hybridized carbons (Fsp3) is 0.273. The molecule has 0 atom stereocenters. The van der Waals surface area contributed by atoms with Crippen molar-refractivity contribution in [2.75, 3.05) is 5.32 Å². The van der Waals surface area contributed by atoms with Crippen LogP contribution in [0.15, 0.2) is 18.2 Å². The molecule has 7 heteroatoms. The highest BCUT2D eigenvalue weighted by molar-refractivity contribution is 5.94. The highest BCUT2D eigenvalue weighted by Crippen LogP contribution is 2.21. The summed E-state index contributed by atoms with van der Waals surface area (Å²) in [5.41, 5.74) is -0.502. The number of hydrogen-bond donors (Lipinski definition) is 2. The van der Waals surface area contributed by atoms with Crippen molar-refractivity contribution in [1.29, 1.82) is 0 Å². The summed E-state index contributed by atoms with van der Waals surface area (Å²) in [6.07, 6.45) is 0.900. The lowest BCUT2D eigenvalue weighted by atomic mass is 10.1. The number of nitro benzene ring substituents is 1. The van der Waals surface area contributed by atoms with Crippen LogP contribution < -0.4 is 5.32 Å². The van der Waals surface area contributed by atoms with Crippen molar-refractivity contribution in [2.45, 2.75) is 19.8 Å². The number of benzene rings is 1. The first-order chi connectivity index (χ1) is 8.43. The summed E-state index contributed by atoms with van der Waals surface area (Å²) in [5, 5.41) is 21.9. The van der Waals surface area contributed by atoms with Gasteiger partial charge in [-0.1, -0.05) is 6.92 Å². The first-order valence-corrected chi connectivity index (χ1v) is 5.26. The van der Waals surface area contributed by atoms with E-state index in [1.807, 2.05) is 6.92 Å². The third-order valence-corrected chi connectivity index (χ3v) is 2.14. The van der Waals surface area contributed by atoms with Gasteiger partial charge >= 0.3 is 5.97 Å². The van der Waals surface area contributed by atoms with Gasteiger partial charge in [-0.05, 0) is 12.5 Å². The van der Waals surface area contributed by atoms with Crippen molar-refractivity contribution < 1.29 is 19.6 Å². The minimum Gasteiger partial charge on any atom is -0.478 e. The van der Waals surface area contributed by atoms with Gasteiger partial charge in [0.1, 0.15) is 0 Å². The molecule has 0 radical (unpaired) electrons. The molecule has 1 aromatic carbocycles. The fourth-order valence-corrected chi connectivity index (χ4v) is 1.36. The third kappa shape index (κ3) is 3.55. The smallest absolute Gasteiger partial charge is 0.336 e. The van der Waals surface area contributed by atoms with E-state index in [-0.39, 0.29) is 29.3 Å². The van der Waals surface area contributed by atoms with Crippen LogP contribution in [0.4, 0.5) is 11.4 Å². The Kier molecular flexibility index (Phi) is 4.36. The van der Waals surface area contributed by atoms with E-state index in [1.165, 1.54) is 6.07 Å². The van der Waals surface area contributed by atoms with Gasteiger partial charge in [0, 0.05) is 24.2 Å². The number of carbonyl (C=O) groups is 2. The Labute approximate surface area is 103 Å². The molecule has 18 heavy (non-hydrogen) atoms. The van der Waals surface area contributed by atoms with E-state index in [4.69, 9.17) is 5.11 Å². The molecule has 0 saturated heterocycles. The molecular weight excluding hydrogens is 240 g/mol. The number of hydrogen-bond acceptors (Lipinski definition) is 4. The summed E-state index contributed by atoms with van der Waals surface area (Å²) in [4.78, 5) is 32.1. The van der Waals surface area contributed by atoms with Gasteiger partial charge in [-0.25, -0.2) is 4.79 Å². The summed E-state index contributed by atoms with van der Waals surface area (Å²) < 4.78 is 0. The molecule has 1 rings (SSSR count). The molecule has 1 amide bonds. The van der Waals surface area contributed by atoms with E-state index in [2.05, 4.69) is 5.32 Å². The van der Waals surface area contributed by atoms with Crippen LogP contribution in [0.5, 0.6) is 0 Å². The van der Waals surface area contributed by atoms with Crippen molar-refractivity contribution in [3.05, 3.63) is 33.9 Å². The summed E-state index contributed by atoms with van der Waals surface area (Å²) in [6.45, 7) is 1.82. The molecule has 0 heterocycles. The minimum atomic E-state index is -1.29. The van der Waals surface area contributed by atoms with Gasteiger partial charge in [0.25, 0.3) is 5.69 Å². The molecule has 0 aliphatic rings. The van der Waals surface area contributed by atoms with Crippen molar-refractivity contribution in [1.82, 2.24) is 0 Å². The van der Waals surface area contributed by atoms with Gasteiger partial charge in [0.15, 0.2) is 0 Å². The number of anilines is 1. The van der Waals surface area contributed by atoms with Gasteiger partial charge in [-0.2, -0.15) is 0 Å². The van der Waals surface area contributed by atoms with Gasteiger partial charge in [0.2, 0.25) is 5.91 Å². The Balaban J connectivity index is 3.07. The van der Waals surface area contributed by atoms with Crippen LogP contribution in [-0.4, -0.2) is 21.9 Å².